The van der Waals surface area contributed by atoms with Gasteiger partial charge in [0.25, 0.3) is 0 Å². The molecule has 1 aromatic carbocycles. The van der Waals surface area contributed by atoms with Gasteiger partial charge in [-0.1, -0.05) is 77.3 Å². The molecule has 26 heavy (non-hydrogen) atoms. The molecule has 0 aromatic heterocycles. The van der Waals surface area contributed by atoms with Gasteiger partial charge in [-0.05, 0) is 48.8 Å². The number of benzene rings is 1. The fourth-order valence-corrected chi connectivity index (χ4v) is 4.08. The third-order valence-electron chi connectivity index (χ3n) is 5.79. The molecule has 0 bridgehead atoms. The lowest BCUT2D eigenvalue weighted by molar-refractivity contribution is 0.101. The van der Waals surface area contributed by atoms with E-state index in [0.29, 0.717) is 13.2 Å². The third kappa shape index (κ3) is 8.58. The molecule has 2 nitrogen and oxygen atoms in total. The van der Waals surface area contributed by atoms with E-state index in [1.807, 2.05) is 0 Å². The van der Waals surface area contributed by atoms with Gasteiger partial charge in [0.05, 0.1) is 6.61 Å². The molecule has 0 radical (unpaired) electrons. The smallest absolute Gasteiger partial charge is 0.119 e. The molecule has 148 valence electrons. The minimum Gasteiger partial charge on any atom is -0.491 e. The summed E-state index contributed by atoms with van der Waals surface area (Å²) in [5.41, 5.74) is 1.45. The molecule has 1 saturated carbocycles. The summed E-state index contributed by atoms with van der Waals surface area (Å²) in [6, 6.07) is 8.69. The number of hydrogen-bond donors (Lipinski definition) is 0. The van der Waals surface area contributed by atoms with Gasteiger partial charge in [-0.25, -0.2) is 0 Å². The van der Waals surface area contributed by atoms with Crippen LogP contribution in [0.4, 0.5) is 0 Å². The second-order valence-electron chi connectivity index (χ2n) is 8.03. The van der Waals surface area contributed by atoms with Crippen molar-refractivity contribution in [3.63, 3.8) is 0 Å². The average molecular weight is 361 g/mol. The minimum absolute atomic E-state index is 0.640. The van der Waals surface area contributed by atoms with Gasteiger partial charge in [0, 0.05) is 6.61 Å². The summed E-state index contributed by atoms with van der Waals surface area (Å²) in [6.07, 6.45) is 15.2. The second-order valence-corrected chi connectivity index (χ2v) is 8.03. The standard InChI is InChI=1S/C24H40O2/c1-3-5-6-7-21-8-10-22(11-9-21)12-13-23-14-16-24(17-15-23)26-20-19-25-18-4-2/h14-17,21-22H,3-13,18-20H2,1-2H3. The second kappa shape index (κ2) is 13.2. The molecule has 1 aromatic rings. The first-order valence-electron chi connectivity index (χ1n) is 11.1. The van der Waals surface area contributed by atoms with Gasteiger partial charge in [-0.2, -0.15) is 0 Å². The predicted molar refractivity (Wildman–Crippen MR) is 111 cm³/mol. The molecule has 0 aliphatic heterocycles. The molecular formula is C24H40O2. The van der Waals surface area contributed by atoms with Crippen LogP contribution in [-0.2, 0) is 11.2 Å². The average Bonchev–Trinajstić information content (AvgIpc) is 2.68. The zero-order valence-corrected chi connectivity index (χ0v) is 17.2. The molecular weight excluding hydrogens is 320 g/mol. The first-order valence-corrected chi connectivity index (χ1v) is 11.1. The Morgan fingerprint density at radius 1 is 0.769 bits per heavy atom. The van der Waals surface area contributed by atoms with Gasteiger partial charge in [0.2, 0.25) is 0 Å². The molecule has 2 rings (SSSR count). The number of unbranched alkanes of at least 4 members (excludes halogenated alkanes) is 2. The van der Waals surface area contributed by atoms with Gasteiger partial charge in [0.1, 0.15) is 12.4 Å². The summed E-state index contributed by atoms with van der Waals surface area (Å²) in [5.74, 6) is 2.93. The fourth-order valence-electron chi connectivity index (χ4n) is 4.08. The van der Waals surface area contributed by atoms with Crippen LogP contribution in [0.15, 0.2) is 24.3 Å². The summed E-state index contributed by atoms with van der Waals surface area (Å²) in [6.45, 7) is 6.57. The predicted octanol–water partition coefficient (Wildman–Crippen LogP) is 6.81. The maximum atomic E-state index is 5.73. The number of rotatable bonds is 13. The molecule has 2 heteroatoms. The van der Waals surface area contributed by atoms with Crippen LogP contribution in [0.5, 0.6) is 5.75 Å². The van der Waals surface area contributed by atoms with Crippen LogP contribution in [0.3, 0.4) is 0 Å². The van der Waals surface area contributed by atoms with Crippen LogP contribution < -0.4 is 4.74 Å². The van der Waals surface area contributed by atoms with E-state index in [2.05, 4.69) is 38.1 Å². The Hall–Kier alpha value is -1.02. The highest BCUT2D eigenvalue weighted by Gasteiger charge is 2.20. The first kappa shape index (κ1) is 21.3. The number of ether oxygens (including phenoxy) is 2. The zero-order valence-electron chi connectivity index (χ0n) is 17.2. The maximum absolute atomic E-state index is 5.73. The van der Waals surface area contributed by atoms with Crippen molar-refractivity contribution in [2.24, 2.45) is 11.8 Å². The Labute approximate surface area is 161 Å². The first-order chi connectivity index (χ1) is 12.8. The van der Waals surface area contributed by atoms with E-state index in [1.165, 1.54) is 69.8 Å². The van der Waals surface area contributed by atoms with Crippen molar-refractivity contribution in [3.05, 3.63) is 29.8 Å². The lowest BCUT2D eigenvalue weighted by Crippen LogP contribution is -2.15. The highest BCUT2D eigenvalue weighted by atomic mass is 16.5. The Morgan fingerprint density at radius 2 is 1.46 bits per heavy atom. The summed E-state index contributed by atoms with van der Waals surface area (Å²) in [7, 11) is 0. The van der Waals surface area contributed by atoms with Gasteiger partial charge in [-0.15, -0.1) is 0 Å². The van der Waals surface area contributed by atoms with Crippen molar-refractivity contribution in [2.45, 2.75) is 84.5 Å². The molecule has 0 amide bonds. The molecule has 1 aliphatic carbocycles. The molecule has 1 aliphatic rings. The summed E-state index contributed by atoms with van der Waals surface area (Å²) in [4.78, 5) is 0. The Morgan fingerprint density at radius 3 is 2.12 bits per heavy atom. The Kier molecular flexibility index (Phi) is 10.8. The van der Waals surface area contributed by atoms with E-state index in [1.54, 1.807) is 0 Å². The molecule has 0 unspecified atom stereocenters. The summed E-state index contributed by atoms with van der Waals surface area (Å²) < 4.78 is 11.2. The third-order valence-corrected chi connectivity index (χ3v) is 5.79. The van der Waals surface area contributed by atoms with Crippen LogP contribution in [0, 0.1) is 11.8 Å². The van der Waals surface area contributed by atoms with Crippen LogP contribution in [0.2, 0.25) is 0 Å². The van der Waals surface area contributed by atoms with Crippen LogP contribution in [-0.4, -0.2) is 19.8 Å². The van der Waals surface area contributed by atoms with Crippen molar-refractivity contribution in [2.75, 3.05) is 19.8 Å². The summed E-state index contributed by atoms with van der Waals surface area (Å²) >= 11 is 0. The topological polar surface area (TPSA) is 18.5 Å². The largest absolute Gasteiger partial charge is 0.491 e. The van der Waals surface area contributed by atoms with E-state index in [9.17, 15) is 0 Å². The monoisotopic (exact) mass is 360 g/mol. The van der Waals surface area contributed by atoms with Crippen molar-refractivity contribution < 1.29 is 9.47 Å². The molecule has 0 heterocycles. The highest BCUT2D eigenvalue weighted by Crippen LogP contribution is 2.34. The Bertz CT molecular complexity index is 446. The Balaban J connectivity index is 1.58. The number of hydrogen-bond acceptors (Lipinski definition) is 2. The SMILES string of the molecule is CCCCCC1CCC(CCc2ccc(OCCOCCC)cc2)CC1. The van der Waals surface area contributed by atoms with E-state index in [-0.39, 0.29) is 0 Å². The van der Waals surface area contributed by atoms with E-state index < -0.39 is 0 Å². The minimum atomic E-state index is 0.640. The van der Waals surface area contributed by atoms with Crippen LogP contribution in [0.25, 0.3) is 0 Å². The highest BCUT2D eigenvalue weighted by molar-refractivity contribution is 5.27. The van der Waals surface area contributed by atoms with E-state index >= 15 is 0 Å². The molecule has 0 atom stereocenters. The lowest BCUT2D eigenvalue weighted by atomic mass is 9.78. The van der Waals surface area contributed by atoms with Crippen molar-refractivity contribution >= 4 is 0 Å². The van der Waals surface area contributed by atoms with Crippen LogP contribution >= 0.6 is 0 Å². The normalized spacial score (nSPS) is 20.2. The van der Waals surface area contributed by atoms with Crippen LogP contribution in [0.1, 0.15) is 83.6 Å². The molecule has 0 saturated heterocycles. The molecule has 0 spiro atoms. The van der Waals surface area contributed by atoms with E-state index in [0.717, 1.165) is 30.6 Å². The van der Waals surface area contributed by atoms with E-state index in [4.69, 9.17) is 9.47 Å². The van der Waals surface area contributed by atoms with Gasteiger partial charge in [0.15, 0.2) is 0 Å². The molecule has 1 fully saturated rings. The van der Waals surface area contributed by atoms with Crippen molar-refractivity contribution in [3.8, 4) is 5.75 Å². The fraction of sp³-hybridized carbons (Fsp3) is 0.750. The van der Waals surface area contributed by atoms with Gasteiger partial charge in [-0.3, -0.25) is 0 Å². The van der Waals surface area contributed by atoms with Gasteiger partial charge < -0.3 is 9.47 Å². The number of aryl methyl sites for hydroxylation is 1. The van der Waals surface area contributed by atoms with Crippen molar-refractivity contribution in [1.29, 1.82) is 0 Å². The zero-order chi connectivity index (χ0) is 18.5. The van der Waals surface area contributed by atoms with Crippen molar-refractivity contribution in [1.82, 2.24) is 0 Å². The lowest BCUT2D eigenvalue weighted by Gasteiger charge is -2.28. The maximum Gasteiger partial charge on any atom is 0.119 e. The summed E-state index contributed by atoms with van der Waals surface area (Å²) in [5, 5.41) is 0. The van der Waals surface area contributed by atoms with Gasteiger partial charge >= 0.3 is 0 Å². The molecule has 0 N–H and O–H groups in total. The quantitative estimate of drug-likeness (QED) is 0.360.